The summed E-state index contributed by atoms with van der Waals surface area (Å²) in [6.07, 6.45) is 2.57. The lowest BCUT2D eigenvalue weighted by Crippen LogP contribution is -2.42. The van der Waals surface area contributed by atoms with Crippen LogP contribution in [0.25, 0.3) is 10.9 Å². The molecule has 1 atom stereocenters. The second-order valence-electron chi connectivity index (χ2n) is 7.47. The van der Waals surface area contributed by atoms with Crippen LogP contribution in [0.1, 0.15) is 31.9 Å². The highest BCUT2D eigenvalue weighted by Gasteiger charge is 2.33. The highest BCUT2D eigenvalue weighted by Crippen LogP contribution is 2.39. The molecule has 0 saturated heterocycles. The summed E-state index contributed by atoms with van der Waals surface area (Å²) < 4.78 is 11.5. The first-order valence-electron chi connectivity index (χ1n) is 9.24. The summed E-state index contributed by atoms with van der Waals surface area (Å²) in [6, 6.07) is 15.9. The van der Waals surface area contributed by atoms with Gasteiger partial charge in [-0.15, -0.1) is 0 Å². The lowest BCUT2D eigenvalue weighted by molar-refractivity contribution is 0.0697. The predicted octanol–water partition coefficient (Wildman–Crippen LogP) is 4.83. The Morgan fingerprint density at radius 1 is 1.18 bits per heavy atom. The van der Waals surface area contributed by atoms with Crippen molar-refractivity contribution >= 4 is 33.9 Å². The first-order valence-corrected chi connectivity index (χ1v) is 9.65. The molecule has 0 fully saturated rings. The van der Waals surface area contributed by atoms with Crippen LogP contribution < -0.4 is 20.1 Å². The van der Waals surface area contributed by atoms with Crippen molar-refractivity contribution in [3.63, 3.8) is 0 Å². The molecular formula is C22H23N3O2S. The fraction of sp³-hybridized carbons (Fsp3) is 0.273. The van der Waals surface area contributed by atoms with E-state index in [1.54, 1.807) is 13.3 Å². The SMILES string of the molecule is COc1ccc(NC(=S)N[C@@H]2CC(C)(C)Oc3ccccc32)c2cccnc12. The number of para-hydroxylation sites is 1. The highest BCUT2D eigenvalue weighted by molar-refractivity contribution is 7.80. The maximum atomic E-state index is 6.11. The Kier molecular flexibility index (Phi) is 4.81. The van der Waals surface area contributed by atoms with Crippen LogP contribution in [-0.4, -0.2) is 22.8 Å². The molecule has 4 rings (SSSR count). The molecule has 0 spiro atoms. The number of hydrogen-bond donors (Lipinski definition) is 2. The number of pyridine rings is 1. The van der Waals surface area contributed by atoms with E-state index in [0.717, 1.165) is 40.1 Å². The molecule has 0 saturated carbocycles. The number of hydrogen-bond acceptors (Lipinski definition) is 4. The van der Waals surface area contributed by atoms with Crippen LogP contribution in [0.2, 0.25) is 0 Å². The molecule has 0 amide bonds. The van der Waals surface area contributed by atoms with Crippen molar-refractivity contribution in [1.82, 2.24) is 10.3 Å². The molecule has 0 bridgehead atoms. The van der Waals surface area contributed by atoms with E-state index >= 15 is 0 Å². The number of methoxy groups -OCH3 is 1. The van der Waals surface area contributed by atoms with Crippen molar-refractivity contribution in [2.24, 2.45) is 0 Å². The second-order valence-corrected chi connectivity index (χ2v) is 7.88. The average molecular weight is 394 g/mol. The van der Waals surface area contributed by atoms with Crippen LogP contribution in [0.3, 0.4) is 0 Å². The van der Waals surface area contributed by atoms with Gasteiger partial charge in [-0.25, -0.2) is 0 Å². The van der Waals surface area contributed by atoms with Gasteiger partial charge in [0, 0.05) is 29.3 Å². The Bertz CT molecular complexity index is 1040. The minimum Gasteiger partial charge on any atom is -0.494 e. The van der Waals surface area contributed by atoms with Gasteiger partial charge in [-0.05, 0) is 56.4 Å². The van der Waals surface area contributed by atoms with Gasteiger partial charge in [-0.1, -0.05) is 18.2 Å². The summed E-state index contributed by atoms with van der Waals surface area (Å²) in [5.41, 5.74) is 2.54. The lowest BCUT2D eigenvalue weighted by Gasteiger charge is -2.38. The molecule has 2 N–H and O–H groups in total. The topological polar surface area (TPSA) is 55.4 Å². The summed E-state index contributed by atoms with van der Waals surface area (Å²) in [5, 5.41) is 8.31. The number of benzene rings is 2. The van der Waals surface area contributed by atoms with Gasteiger partial charge in [0.2, 0.25) is 0 Å². The van der Waals surface area contributed by atoms with Crippen molar-refractivity contribution < 1.29 is 9.47 Å². The van der Waals surface area contributed by atoms with Crippen molar-refractivity contribution in [2.45, 2.75) is 31.9 Å². The largest absolute Gasteiger partial charge is 0.494 e. The molecule has 3 aromatic rings. The molecule has 1 aromatic heterocycles. The second kappa shape index (κ2) is 7.28. The molecule has 6 heteroatoms. The van der Waals surface area contributed by atoms with E-state index < -0.39 is 0 Å². The number of rotatable bonds is 3. The van der Waals surface area contributed by atoms with Crippen LogP contribution in [0.15, 0.2) is 54.7 Å². The standard InChI is InChI=1S/C22H23N3O2S/c1-22(2)13-17(14-7-4-5-9-18(14)27-22)25-21(28)24-16-10-11-19(26-3)20-15(16)8-6-12-23-20/h4-12,17H,13H2,1-3H3,(H2,24,25,28)/t17-/m1/s1. The number of nitrogens with one attached hydrogen (secondary N) is 2. The number of thiocarbonyl (C=S) groups is 1. The zero-order valence-corrected chi connectivity index (χ0v) is 17.0. The summed E-state index contributed by atoms with van der Waals surface area (Å²) in [6.45, 7) is 4.19. The maximum absolute atomic E-state index is 6.11. The number of nitrogens with zero attached hydrogens (tertiary/aromatic N) is 1. The van der Waals surface area contributed by atoms with Crippen LogP contribution in [-0.2, 0) is 0 Å². The van der Waals surface area contributed by atoms with Gasteiger partial charge < -0.3 is 20.1 Å². The Hall–Kier alpha value is -2.86. The third kappa shape index (κ3) is 3.60. The zero-order chi connectivity index (χ0) is 19.7. The third-order valence-electron chi connectivity index (χ3n) is 4.88. The molecule has 1 aliphatic rings. The smallest absolute Gasteiger partial charge is 0.171 e. The molecule has 144 valence electrons. The predicted molar refractivity (Wildman–Crippen MR) is 116 cm³/mol. The van der Waals surface area contributed by atoms with Crippen LogP contribution in [0.4, 0.5) is 5.69 Å². The summed E-state index contributed by atoms with van der Waals surface area (Å²) in [7, 11) is 1.65. The Labute approximate surface area is 170 Å². The van der Waals surface area contributed by atoms with Crippen molar-refractivity contribution in [1.29, 1.82) is 0 Å². The first-order chi connectivity index (χ1) is 13.5. The van der Waals surface area contributed by atoms with Crippen LogP contribution >= 0.6 is 12.2 Å². The van der Waals surface area contributed by atoms with Gasteiger partial charge in [-0.2, -0.15) is 0 Å². The number of anilines is 1. The number of ether oxygens (including phenoxy) is 2. The summed E-state index contributed by atoms with van der Waals surface area (Å²) in [4.78, 5) is 4.44. The zero-order valence-electron chi connectivity index (χ0n) is 16.2. The van der Waals surface area contributed by atoms with E-state index in [-0.39, 0.29) is 11.6 Å². The van der Waals surface area contributed by atoms with Crippen molar-refractivity contribution in [2.75, 3.05) is 12.4 Å². The highest BCUT2D eigenvalue weighted by atomic mass is 32.1. The average Bonchev–Trinajstić information content (AvgIpc) is 2.67. The number of aromatic nitrogens is 1. The molecule has 0 aliphatic carbocycles. The summed E-state index contributed by atoms with van der Waals surface area (Å²) >= 11 is 5.63. The minimum atomic E-state index is -0.266. The molecule has 0 unspecified atom stereocenters. The van der Waals surface area contributed by atoms with Gasteiger partial charge in [0.15, 0.2) is 5.11 Å². The molecular weight excluding hydrogens is 370 g/mol. The molecule has 28 heavy (non-hydrogen) atoms. The molecule has 1 aliphatic heterocycles. The monoisotopic (exact) mass is 393 g/mol. The molecule has 2 heterocycles. The Balaban J connectivity index is 1.58. The molecule has 5 nitrogen and oxygen atoms in total. The lowest BCUT2D eigenvalue weighted by atomic mass is 9.90. The van der Waals surface area contributed by atoms with E-state index in [1.165, 1.54) is 0 Å². The third-order valence-corrected chi connectivity index (χ3v) is 5.10. The number of fused-ring (bicyclic) bond motifs is 2. The quantitative estimate of drug-likeness (QED) is 0.622. The van der Waals surface area contributed by atoms with E-state index in [9.17, 15) is 0 Å². The Morgan fingerprint density at radius 3 is 2.82 bits per heavy atom. The van der Waals surface area contributed by atoms with Crippen molar-refractivity contribution in [3.8, 4) is 11.5 Å². The Morgan fingerprint density at radius 2 is 2.00 bits per heavy atom. The van der Waals surface area contributed by atoms with E-state index in [4.69, 9.17) is 21.7 Å². The molecule has 2 aromatic carbocycles. The molecule has 0 radical (unpaired) electrons. The normalized spacial score (nSPS) is 17.3. The van der Waals surface area contributed by atoms with E-state index in [1.807, 2.05) is 42.5 Å². The summed E-state index contributed by atoms with van der Waals surface area (Å²) in [5.74, 6) is 1.64. The van der Waals surface area contributed by atoms with Gasteiger partial charge in [-0.3, -0.25) is 4.98 Å². The van der Waals surface area contributed by atoms with Gasteiger partial charge in [0.05, 0.1) is 13.2 Å². The van der Waals surface area contributed by atoms with Crippen LogP contribution in [0.5, 0.6) is 11.5 Å². The van der Waals surface area contributed by atoms with Crippen LogP contribution in [0, 0.1) is 0 Å². The van der Waals surface area contributed by atoms with Gasteiger partial charge in [0.25, 0.3) is 0 Å². The fourth-order valence-electron chi connectivity index (χ4n) is 3.67. The minimum absolute atomic E-state index is 0.0718. The first kappa shape index (κ1) is 18.5. The van der Waals surface area contributed by atoms with Gasteiger partial charge in [0.1, 0.15) is 22.6 Å². The maximum Gasteiger partial charge on any atom is 0.171 e. The van der Waals surface area contributed by atoms with Crippen molar-refractivity contribution in [3.05, 3.63) is 60.3 Å². The van der Waals surface area contributed by atoms with Gasteiger partial charge >= 0.3 is 0 Å². The van der Waals surface area contributed by atoms with E-state index in [2.05, 4.69) is 35.5 Å². The fourth-order valence-corrected chi connectivity index (χ4v) is 3.92. The van der Waals surface area contributed by atoms with E-state index in [0.29, 0.717) is 5.11 Å².